The van der Waals surface area contributed by atoms with Crippen LogP contribution in [0.2, 0.25) is 0 Å². The molecule has 0 aromatic heterocycles. The lowest BCUT2D eigenvalue weighted by Crippen LogP contribution is -2.02. The lowest BCUT2D eigenvalue weighted by molar-refractivity contribution is 0.299. The van der Waals surface area contributed by atoms with Crippen molar-refractivity contribution in [1.29, 1.82) is 0 Å². The van der Waals surface area contributed by atoms with E-state index in [9.17, 15) is 0 Å². The maximum atomic E-state index is 8.70. The summed E-state index contributed by atoms with van der Waals surface area (Å²) in [6.45, 7) is 0.743. The molecule has 12 heavy (non-hydrogen) atoms. The van der Waals surface area contributed by atoms with Crippen molar-refractivity contribution in [2.45, 2.75) is 13.0 Å². The molecule has 3 heteroatoms. The Morgan fingerprint density at radius 3 is 2.25 bits per heavy atom. The Balaban J connectivity index is 0.00000121. The summed E-state index contributed by atoms with van der Waals surface area (Å²) >= 11 is 0. The van der Waals surface area contributed by atoms with Crippen molar-refractivity contribution in [3.8, 4) is 0 Å². The van der Waals surface area contributed by atoms with Gasteiger partial charge in [-0.1, -0.05) is 24.3 Å². The Morgan fingerprint density at radius 2 is 1.75 bits per heavy atom. The monoisotopic (exact) mass is 187 g/mol. The van der Waals surface area contributed by atoms with Gasteiger partial charge in [-0.25, -0.2) is 0 Å². The zero-order valence-electron chi connectivity index (χ0n) is 6.86. The molecule has 2 nitrogen and oxygen atoms in total. The summed E-state index contributed by atoms with van der Waals surface area (Å²) in [7, 11) is 0. The van der Waals surface area contributed by atoms with E-state index in [1.54, 1.807) is 0 Å². The van der Waals surface area contributed by atoms with Crippen LogP contribution in [0.15, 0.2) is 24.3 Å². The lowest BCUT2D eigenvalue weighted by atomic mass is 10.1. The minimum Gasteiger partial charge on any atom is -0.396 e. The maximum absolute atomic E-state index is 8.70. The van der Waals surface area contributed by atoms with Gasteiger partial charge in [0, 0.05) is 13.2 Å². The van der Waals surface area contributed by atoms with Gasteiger partial charge in [0.15, 0.2) is 0 Å². The Bertz CT molecular complexity index is 228. The first-order valence-corrected chi connectivity index (χ1v) is 3.76. The normalized spacial score (nSPS) is 9.17. The van der Waals surface area contributed by atoms with E-state index in [4.69, 9.17) is 10.8 Å². The summed E-state index contributed by atoms with van der Waals surface area (Å²) in [6.07, 6.45) is 0.702. The summed E-state index contributed by atoms with van der Waals surface area (Å²) in [5.74, 6) is 0. The number of benzene rings is 1. The second-order valence-corrected chi connectivity index (χ2v) is 2.45. The molecule has 0 spiro atoms. The molecule has 0 radical (unpaired) electrons. The molecule has 0 saturated heterocycles. The van der Waals surface area contributed by atoms with Crippen molar-refractivity contribution in [2.75, 3.05) is 6.61 Å². The van der Waals surface area contributed by atoms with Gasteiger partial charge < -0.3 is 10.8 Å². The number of aliphatic hydroxyl groups excluding tert-OH is 1. The quantitative estimate of drug-likeness (QED) is 0.745. The SMILES string of the molecule is Cl.NCc1ccccc1CCO. The van der Waals surface area contributed by atoms with Crippen LogP contribution in [0, 0.1) is 0 Å². The van der Waals surface area contributed by atoms with E-state index in [2.05, 4.69) is 0 Å². The van der Waals surface area contributed by atoms with E-state index in [0.29, 0.717) is 13.0 Å². The zero-order valence-corrected chi connectivity index (χ0v) is 7.68. The van der Waals surface area contributed by atoms with Crippen LogP contribution >= 0.6 is 12.4 Å². The first-order chi connectivity index (χ1) is 5.38. The Kier molecular flexibility index (Phi) is 5.72. The molecule has 0 amide bonds. The van der Waals surface area contributed by atoms with Crippen molar-refractivity contribution in [2.24, 2.45) is 5.73 Å². The minimum atomic E-state index is 0. The van der Waals surface area contributed by atoms with Crippen LogP contribution in [0.25, 0.3) is 0 Å². The van der Waals surface area contributed by atoms with E-state index in [0.717, 1.165) is 11.1 Å². The van der Waals surface area contributed by atoms with Crippen molar-refractivity contribution >= 4 is 12.4 Å². The third-order valence-corrected chi connectivity index (χ3v) is 1.72. The molecular formula is C9H14ClNO. The number of hydrogen-bond donors (Lipinski definition) is 2. The summed E-state index contributed by atoms with van der Waals surface area (Å²) < 4.78 is 0. The second-order valence-electron chi connectivity index (χ2n) is 2.45. The van der Waals surface area contributed by atoms with Gasteiger partial charge in [-0.15, -0.1) is 12.4 Å². The van der Waals surface area contributed by atoms with Gasteiger partial charge in [0.25, 0.3) is 0 Å². The third kappa shape index (κ3) is 2.81. The molecule has 1 rings (SSSR count). The highest BCUT2D eigenvalue weighted by Gasteiger charge is 1.96. The highest BCUT2D eigenvalue weighted by atomic mass is 35.5. The van der Waals surface area contributed by atoms with Crippen LogP contribution in [-0.4, -0.2) is 11.7 Å². The highest BCUT2D eigenvalue weighted by Crippen LogP contribution is 2.07. The molecule has 0 bridgehead atoms. The summed E-state index contributed by atoms with van der Waals surface area (Å²) in [4.78, 5) is 0. The zero-order chi connectivity index (χ0) is 8.10. The molecular weight excluding hydrogens is 174 g/mol. The van der Waals surface area contributed by atoms with Crippen LogP contribution in [0.4, 0.5) is 0 Å². The van der Waals surface area contributed by atoms with Gasteiger partial charge in [0.05, 0.1) is 0 Å². The highest BCUT2D eigenvalue weighted by molar-refractivity contribution is 5.85. The van der Waals surface area contributed by atoms with Crippen molar-refractivity contribution < 1.29 is 5.11 Å². The molecule has 0 unspecified atom stereocenters. The van der Waals surface area contributed by atoms with Crippen LogP contribution in [0.3, 0.4) is 0 Å². The summed E-state index contributed by atoms with van der Waals surface area (Å²) in [5, 5.41) is 8.70. The second kappa shape index (κ2) is 6.00. The average Bonchev–Trinajstić information content (AvgIpc) is 2.06. The fourth-order valence-corrected chi connectivity index (χ4v) is 1.12. The topological polar surface area (TPSA) is 46.2 Å². The molecule has 3 N–H and O–H groups in total. The Morgan fingerprint density at radius 1 is 1.17 bits per heavy atom. The van der Waals surface area contributed by atoms with E-state index in [-0.39, 0.29) is 19.0 Å². The third-order valence-electron chi connectivity index (χ3n) is 1.72. The number of halogens is 1. The fourth-order valence-electron chi connectivity index (χ4n) is 1.12. The van der Waals surface area contributed by atoms with Gasteiger partial charge in [0.2, 0.25) is 0 Å². The van der Waals surface area contributed by atoms with Crippen LogP contribution in [0.1, 0.15) is 11.1 Å². The maximum Gasteiger partial charge on any atom is 0.0471 e. The molecule has 0 heterocycles. The summed E-state index contributed by atoms with van der Waals surface area (Å²) in [5.41, 5.74) is 7.78. The van der Waals surface area contributed by atoms with Crippen molar-refractivity contribution in [1.82, 2.24) is 0 Å². The molecule has 0 fully saturated rings. The van der Waals surface area contributed by atoms with Crippen molar-refractivity contribution in [3.05, 3.63) is 35.4 Å². The smallest absolute Gasteiger partial charge is 0.0471 e. The fraction of sp³-hybridized carbons (Fsp3) is 0.333. The van der Waals surface area contributed by atoms with Gasteiger partial charge >= 0.3 is 0 Å². The molecule has 0 aliphatic heterocycles. The molecule has 0 aliphatic rings. The predicted octanol–water partition coefficient (Wildman–Crippen LogP) is 1.10. The predicted molar refractivity (Wildman–Crippen MR) is 52.4 cm³/mol. The Labute approximate surface area is 78.8 Å². The van der Waals surface area contributed by atoms with Crippen LogP contribution < -0.4 is 5.73 Å². The van der Waals surface area contributed by atoms with Crippen LogP contribution in [0.5, 0.6) is 0 Å². The van der Waals surface area contributed by atoms with Gasteiger partial charge in [0.1, 0.15) is 0 Å². The van der Waals surface area contributed by atoms with E-state index in [1.807, 2.05) is 24.3 Å². The van der Waals surface area contributed by atoms with E-state index < -0.39 is 0 Å². The first-order valence-electron chi connectivity index (χ1n) is 3.76. The molecule has 0 saturated carbocycles. The first kappa shape index (κ1) is 11.4. The minimum absolute atomic E-state index is 0. The Hall–Kier alpha value is -0.570. The van der Waals surface area contributed by atoms with E-state index in [1.165, 1.54) is 0 Å². The molecule has 1 aromatic carbocycles. The largest absolute Gasteiger partial charge is 0.396 e. The van der Waals surface area contributed by atoms with E-state index >= 15 is 0 Å². The average molecular weight is 188 g/mol. The lowest BCUT2D eigenvalue weighted by Gasteiger charge is -2.04. The molecule has 1 aromatic rings. The van der Waals surface area contributed by atoms with Crippen molar-refractivity contribution in [3.63, 3.8) is 0 Å². The van der Waals surface area contributed by atoms with Gasteiger partial charge in [-0.2, -0.15) is 0 Å². The number of nitrogens with two attached hydrogens (primary N) is 1. The number of rotatable bonds is 3. The van der Waals surface area contributed by atoms with Gasteiger partial charge in [-0.05, 0) is 17.5 Å². The number of hydrogen-bond acceptors (Lipinski definition) is 2. The summed E-state index contributed by atoms with van der Waals surface area (Å²) in [6, 6.07) is 7.91. The van der Waals surface area contributed by atoms with Crippen LogP contribution in [-0.2, 0) is 13.0 Å². The standard InChI is InChI=1S/C9H13NO.ClH/c10-7-9-4-2-1-3-8(9)5-6-11;/h1-4,11H,5-7,10H2;1H. The molecule has 0 aliphatic carbocycles. The number of aliphatic hydroxyl groups is 1. The molecule has 0 atom stereocenters. The molecule has 68 valence electrons. The van der Waals surface area contributed by atoms with Gasteiger partial charge in [-0.3, -0.25) is 0 Å².